The minimum absolute atomic E-state index is 0.283. The molecule has 0 aliphatic rings. The molecule has 3 aromatic carbocycles. The van der Waals surface area contributed by atoms with Crippen molar-refractivity contribution < 1.29 is 28.3 Å². The fraction of sp³-hybridized carbons (Fsp3) is 0.148. The monoisotopic (exact) mass is 487 g/mol. The number of hydrogen-bond acceptors (Lipinski definition) is 8. The average molecular weight is 488 g/mol. The lowest BCUT2D eigenvalue weighted by atomic mass is 10.1. The van der Waals surface area contributed by atoms with Crippen molar-refractivity contribution in [3.05, 3.63) is 72.3 Å². The van der Waals surface area contributed by atoms with Gasteiger partial charge in [0.1, 0.15) is 5.75 Å². The van der Waals surface area contributed by atoms with E-state index in [0.29, 0.717) is 39.9 Å². The van der Waals surface area contributed by atoms with E-state index in [1.54, 1.807) is 37.5 Å². The van der Waals surface area contributed by atoms with Crippen molar-refractivity contribution in [2.75, 3.05) is 33.8 Å². The molecular formula is C27H25N3O6. The fourth-order valence-electron chi connectivity index (χ4n) is 3.51. The van der Waals surface area contributed by atoms with Crippen LogP contribution in [0.2, 0.25) is 0 Å². The second-order valence-corrected chi connectivity index (χ2v) is 7.48. The molecule has 9 heteroatoms. The molecule has 0 unspecified atom stereocenters. The van der Waals surface area contributed by atoms with Crippen LogP contribution in [0.4, 0.5) is 5.69 Å². The average Bonchev–Trinajstić information content (AvgIpc) is 3.41. The van der Waals surface area contributed by atoms with Crippen molar-refractivity contribution in [3.63, 3.8) is 0 Å². The van der Waals surface area contributed by atoms with E-state index in [2.05, 4.69) is 15.5 Å². The Labute approximate surface area is 208 Å². The van der Waals surface area contributed by atoms with Crippen molar-refractivity contribution >= 4 is 17.7 Å². The van der Waals surface area contributed by atoms with Gasteiger partial charge < -0.3 is 28.8 Å². The lowest BCUT2D eigenvalue weighted by Gasteiger charge is -2.12. The number of methoxy groups -OCH3 is 4. The number of amides is 1. The molecule has 0 fully saturated rings. The maximum Gasteiger partial charge on any atom is 0.260 e. The van der Waals surface area contributed by atoms with Gasteiger partial charge >= 0.3 is 0 Å². The zero-order valence-corrected chi connectivity index (χ0v) is 20.3. The van der Waals surface area contributed by atoms with Gasteiger partial charge in [0, 0.05) is 11.6 Å². The summed E-state index contributed by atoms with van der Waals surface area (Å²) in [6.07, 6.45) is 3.06. The summed E-state index contributed by atoms with van der Waals surface area (Å²) in [5, 5.41) is 6.94. The molecule has 1 amide bonds. The molecule has 1 N–H and O–H groups in total. The largest absolute Gasteiger partial charge is 0.497 e. The Balaban J connectivity index is 1.53. The van der Waals surface area contributed by atoms with E-state index in [1.807, 2.05) is 36.4 Å². The Morgan fingerprint density at radius 1 is 0.889 bits per heavy atom. The summed E-state index contributed by atoms with van der Waals surface area (Å²) in [6, 6.07) is 18.0. The highest BCUT2D eigenvalue weighted by Crippen LogP contribution is 2.38. The van der Waals surface area contributed by atoms with E-state index < -0.39 is 0 Å². The van der Waals surface area contributed by atoms with Gasteiger partial charge in [0.2, 0.25) is 17.5 Å². The summed E-state index contributed by atoms with van der Waals surface area (Å²) in [6.45, 7) is 0. The minimum Gasteiger partial charge on any atom is -0.497 e. The third-order valence-corrected chi connectivity index (χ3v) is 5.30. The fourth-order valence-corrected chi connectivity index (χ4v) is 3.51. The molecule has 0 aliphatic heterocycles. The molecule has 0 saturated carbocycles. The molecule has 0 bridgehead atoms. The van der Waals surface area contributed by atoms with E-state index in [4.69, 9.17) is 23.5 Å². The Morgan fingerprint density at radius 3 is 2.22 bits per heavy atom. The first-order valence-corrected chi connectivity index (χ1v) is 10.9. The van der Waals surface area contributed by atoms with Crippen LogP contribution in [0.15, 0.2) is 71.3 Å². The highest BCUT2D eigenvalue weighted by atomic mass is 16.5. The predicted molar refractivity (Wildman–Crippen MR) is 135 cm³/mol. The van der Waals surface area contributed by atoms with E-state index in [1.165, 1.54) is 27.4 Å². The molecule has 184 valence electrons. The van der Waals surface area contributed by atoms with Gasteiger partial charge in [0.05, 0.1) is 39.7 Å². The number of hydrogen-bond donors (Lipinski definition) is 1. The lowest BCUT2D eigenvalue weighted by Crippen LogP contribution is -2.08. The number of aromatic nitrogens is 2. The lowest BCUT2D eigenvalue weighted by molar-refractivity contribution is -0.111. The number of anilines is 1. The summed E-state index contributed by atoms with van der Waals surface area (Å²) < 4.78 is 26.7. The minimum atomic E-state index is -0.342. The Morgan fingerprint density at radius 2 is 1.58 bits per heavy atom. The number of nitrogens with zero attached hydrogens (tertiary/aromatic N) is 2. The van der Waals surface area contributed by atoms with Crippen LogP contribution in [0.3, 0.4) is 0 Å². The number of rotatable bonds is 9. The van der Waals surface area contributed by atoms with E-state index >= 15 is 0 Å². The summed E-state index contributed by atoms with van der Waals surface area (Å²) >= 11 is 0. The third-order valence-electron chi connectivity index (χ3n) is 5.30. The molecule has 1 aromatic heterocycles. The highest BCUT2D eigenvalue weighted by Gasteiger charge is 2.16. The van der Waals surface area contributed by atoms with Crippen LogP contribution < -0.4 is 24.3 Å². The van der Waals surface area contributed by atoms with Gasteiger partial charge in [-0.3, -0.25) is 4.79 Å². The van der Waals surface area contributed by atoms with Crippen LogP contribution in [0, 0.1) is 0 Å². The molecule has 4 aromatic rings. The van der Waals surface area contributed by atoms with Gasteiger partial charge in [-0.25, -0.2) is 0 Å². The van der Waals surface area contributed by atoms with Gasteiger partial charge in [-0.2, -0.15) is 4.98 Å². The molecule has 0 atom stereocenters. The van der Waals surface area contributed by atoms with Gasteiger partial charge in [-0.05, 0) is 60.2 Å². The number of nitrogens with one attached hydrogen (secondary N) is 1. The van der Waals surface area contributed by atoms with Crippen LogP contribution in [-0.2, 0) is 4.79 Å². The number of carbonyl (C=O) groups is 1. The summed E-state index contributed by atoms with van der Waals surface area (Å²) in [5.41, 5.74) is 2.61. The molecule has 9 nitrogen and oxygen atoms in total. The first kappa shape index (κ1) is 24.3. The molecule has 0 spiro atoms. The van der Waals surface area contributed by atoms with E-state index in [-0.39, 0.29) is 11.8 Å². The Hall–Kier alpha value is -4.79. The normalized spacial score (nSPS) is 10.8. The standard InChI is InChI=1S/C27H25N3O6/c1-32-19-12-10-18(11-13-19)26-29-27(36-30-26)20-7-5-6-8-21(20)28-24(31)14-9-17-15-22(33-2)25(35-4)23(16-17)34-3/h5-16H,1-4H3,(H,28,31)/b14-9+. The summed E-state index contributed by atoms with van der Waals surface area (Å²) in [7, 11) is 6.20. The topological polar surface area (TPSA) is 105 Å². The van der Waals surface area contributed by atoms with Crippen LogP contribution in [0.1, 0.15) is 5.56 Å². The number of carbonyl (C=O) groups excluding carboxylic acids is 1. The Bertz CT molecular complexity index is 1350. The smallest absolute Gasteiger partial charge is 0.260 e. The molecule has 0 saturated heterocycles. The molecular weight excluding hydrogens is 462 g/mol. The zero-order chi connectivity index (χ0) is 25.5. The first-order chi connectivity index (χ1) is 17.6. The maximum atomic E-state index is 12.7. The van der Waals surface area contributed by atoms with Crippen molar-refractivity contribution in [3.8, 4) is 45.8 Å². The second-order valence-electron chi connectivity index (χ2n) is 7.48. The zero-order valence-electron chi connectivity index (χ0n) is 20.3. The van der Waals surface area contributed by atoms with E-state index in [9.17, 15) is 4.79 Å². The van der Waals surface area contributed by atoms with Gasteiger partial charge in [-0.1, -0.05) is 17.3 Å². The number of ether oxygens (including phenoxy) is 4. The predicted octanol–water partition coefficient (Wildman–Crippen LogP) is 5.09. The van der Waals surface area contributed by atoms with E-state index in [0.717, 1.165) is 11.3 Å². The molecule has 1 heterocycles. The third kappa shape index (κ3) is 5.30. The van der Waals surface area contributed by atoms with Crippen molar-refractivity contribution in [2.24, 2.45) is 0 Å². The van der Waals surface area contributed by atoms with Crippen LogP contribution in [0.5, 0.6) is 23.0 Å². The van der Waals surface area contributed by atoms with Crippen molar-refractivity contribution in [1.29, 1.82) is 0 Å². The summed E-state index contributed by atoms with van der Waals surface area (Å²) in [5.74, 6) is 2.56. The van der Waals surface area contributed by atoms with Crippen LogP contribution >= 0.6 is 0 Å². The molecule has 36 heavy (non-hydrogen) atoms. The number of benzene rings is 3. The highest BCUT2D eigenvalue weighted by molar-refractivity contribution is 6.04. The molecule has 0 aliphatic carbocycles. The van der Waals surface area contributed by atoms with Gasteiger partial charge in [0.15, 0.2) is 11.5 Å². The summed E-state index contributed by atoms with van der Waals surface area (Å²) in [4.78, 5) is 17.2. The SMILES string of the molecule is COc1ccc(-c2noc(-c3ccccc3NC(=O)/C=C/c3cc(OC)c(OC)c(OC)c3)n2)cc1. The quantitative estimate of drug-likeness (QED) is 0.326. The molecule has 4 rings (SSSR count). The van der Waals surface area contributed by atoms with Crippen molar-refractivity contribution in [2.45, 2.75) is 0 Å². The van der Waals surface area contributed by atoms with Crippen molar-refractivity contribution in [1.82, 2.24) is 10.1 Å². The molecule has 0 radical (unpaired) electrons. The van der Waals surface area contributed by atoms with Crippen LogP contribution in [0.25, 0.3) is 28.9 Å². The number of para-hydroxylation sites is 1. The first-order valence-electron chi connectivity index (χ1n) is 10.9. The van der Waals surface area contributed by atoms with Crippen LogP contribution in [-0.4, -0.2) is 44.5 Å². The van der Waals surface area contributed by atoms with Gasteiger partial charge in [-0.15, -0.1) is 0 Å². The second kappa shape index (κ2) is 11.1. The van der Waals surface area contributed by atoms with Gasteiger partial charge in [0.25, 0.3) is 5.89 Å². The Kier molecular flexibility index (Phi) is 7.50. The maximum absolute atomic E-state index is 12.7.